The van der Waals surface area contributed by atoms with Gasteiger partial charge in [0, 0.05) is 25.2 Å². The molecule has 1 N–H and O–H groups in total. The van der Waals surface area contributed by atoms with Crippen molar-refractivity contribution in [2.24, 2.45) is 17.3 Å². The van der Waals surface area contributed by atoms with Crippen molar-refractivity contribution < 1.29 is 9.84 Å². The van der Waals surface area contributed by atoms with Gasteiger partial charge in [0.15, 0.2) is 0 Å². The first-order chi connectivity index (χ1) is 9.47. The van der Waals surface area contributed by atoms with Crippen LogP contribution in [0.25, 0.3) is 0 Å². The second-order valence-electron chi connectivity index (χ2n) is 7.41. The third-order valence-electron chi connectivity index (χ3n) is 4.49. The van der Waals surface area contributed by atoms with E-state index in [9.17, 15) is 5.11 Å². The number of nitrogens with zero attached hydrogens (tertiary/aromatic N) is 1. The van der Waals surface area contributed by atoms with E-state index >= 15 is 0 Å². The lowest BCUT2D eigenvalue weighted by molar-refractivity contribution is -0.0352. The second-order valence-corrected chi connectivity index (χ2v) is 7.41. The summed E-state index contributed by atoms with van der Waals surface area (Å²) in [6, 6.07) is 0. The van der Waals surface area contributed by atoms with Crippen molar-refractivity contribution in [3.8, 4) is 0 Å². The van der Waals surface area contributed by atoms with Gasteiger partial charge in [-0.05, 0) is 50.6 Å². The van der Waals surface area contributed by atoms with E-state index in [0.717, 1.165) is 57.5 Å². The Morgan fingerprint density at radius 1 is 1.00 bits per heavy atom. The van der Waals surface area contributed by atoms with E-state index < -0.39 is 0 Å². The third-order valence-corrected chi connectivity index (χ3v) is 4.49. The standard InChI is InChI=1S/C17H35NO2/c1-15(2)5-9-18(10-6-16(3)4)13-17(14-19)7-11-20-12-8-17/h15-16,19H,5-14H2,1-4H3. The highest BCUT2D eigenvalue weighted by molar-refractivity contribution is 4.85. The molecule has 1 aliphatic heterocycles. The Morgan fingerprint density at radius 3 is 1.90 bits per heavy atom. The van der Waals surface area contributed by atoms with Crippen molar-refractivity contribution in [2.75, 3.05) is 39.5 Å². The van der Waals surface area contributed by atoms with Gasteiger partial charge in [-0.15, -0.1) is 0 Å². The Bertz CT molecular complexity index is 235. The van der Waals surface area contributed by atoms with Crippen LogP contribution in [-0.2, 0) is 4.74 Å². The molecule has 0 amide bonds. The minimum absolute atomic E-state index is 0.0756. The maximum atomic E-state index is 9.86. The molecule has 120 valence electrons. The van der Waals surface area contributed by atoms with Gasteiger partial charge in [0.2, 0.25) is 0 Å². The molecular weight excluding hydrogens is 250 g/mol. The highest BCUT2D eigenvalue weighted by Crippen LogP contribution is 2.31. The first-order valence-electron chi connectivity index (χ1n) is 8.38. The van der Waals surface area contributed by atoms with Gasteiger partial charge in [0.1, 0.15) is 0 Å². The molecule has 1 heterocycles. The fraction of sp³-hybridized carbons (Fsp3) is 1.00. The van der Waals surface area contributed by atoms with Gasteiger partial charge in [-0.1, -0.05) is 27.7 Å². The highest BCUT2D eigenvalue weighted by atomic mass is 16.5. The predicted octanol–water partition coefficient (Wildman–Crippen LogP) is 3.17. The summed E-state index contributed by atoms with van der Waals surface area (Å²) in [6.45, 7) is 14.4. The number of rotatable bonds is 9. The van der Waals surface area contributed by atoms with Crippen LogP contribution in [0.4, 0.5) is 0 Å². The van der Waals surface area contributed by atoms with E-state index in [2.05, 4.69) is 32.6 Å². The first-order valence-corrected chi connectivity index (χ1v) is 8.38. The molecule has 0 atom stereocenters. The molecule has 3 nitrogen and oxygen atoms in total. The molecule has 1 saturated heterocycles. The monoisotopic (exact) mass is 285 g/mol. The maximum Gasteiger partial charge on any atom is 0.0501 e. The van der Waals surface area contributed by atoms with Gasteiger partial charge >= 0.3 is 0 Å². The average Bonchev–Trinajstić information content (AvgIpc) is 2.42. The Kier molecular flexibility index (Phi) is 8.08. The molecule has 0 radical (unpaired) electrons. The van der Waals surface area contributed by atoms with Gasteiger partial charge in [0.05, 0.1) is 6.61 Å². The van der Waals surface area contributed by atoms with Gasteiger partial charge < -0.3 is 14.7 Å². The van der Waals surface area contributed by atoms with Gasteiger partial charge in [0.25, 0.3) is 0 Å². The zero-order chi connectivity index (χ0) is 15.0. The van der Waals surface area contributed by atoms with Crippen molar-refractivity contribution in [3.63, 3.8) is 0 Å². The second kappa shape index (κ2) is 9.01. The van der Waals surface area contributed by atoms with Gasteiger partial charge in [-0.3, -0.25) is 0 Å². The molecule has 0 aliphatic carbocycles. The summed E-state index contributed by atoms with van der Waals surface area (Å²) >= 11 is 0. The summed E-state index contributed by atoms with van der Waals surface area (Å²) < 4.78 is 5.47. The number of ether oxygens (including phenoxy) is 1. The Hall–Kier alpha value is -0.120. The lowest BCUT2D eigenvalue weighted by Gasteiger charge is -2.40. The highest BCUT2D eigenvalue weighted by Gasteiger charge is 2.33. The molecule has 0 saturated carbocycles. The summed E-state index contributed by atoms with van der Waals surface area (Å²) in [5.41, 5.74) is 0.0756. The van der Waals surface area contributed by atoms with E-state index in [1.165, 1.54) is 12.8 Å². The molecule has 3 heteroatoms. The number of hydrogen-bond donors (Lipinski definition) is 1. The smallest absolute Gasteiger partial charge is 0.0501 e. The van der Waals surface area contributed by atoms with E-state index in [-0.39, 0.29) is 5.41 Å². The Balaban J connectivity index is 2.55. The van der Waals surface area contributed by atoms with Crippen LogP contribution in [0.2, 0.25) is 0 Å². The molecule has 0 unspecified atom stereocenters. The zero-order valence-electron chi connectivity index (χ0n) is 14.0. The Labute approximate surface area is 125 Å². The summed E-state index contributed by atoms with van der Waals surface area (Å²) in [7, 11) is 0. The molecule has 1 fully saturated rings. The van der Waals surface area contributed by atoms with Crippen LogP contribution < -0.4 is 0 Å². The molecule has 1 aliphatic rings. The topological polar surface area (TPSA) is 32.7 Å². The molecule has 0 bridgehead atoms. The molecule has 0 aromatic rings. The minimum Gasteiger partial charge on any atom is -0.396 e. The molecule has 20 heavy (non-hydrogen) atoms. The summed E-state index contributed by atoms with van der Waals surface area (Å²) in [4.78, 5) is 2.58. The van der Waals surface area contributed by atoms with Crippen LogP contribution >= 0.6 is 0 Å². The first kappa shape index (κ1) is 17.9. The van der Waals surface area contributed by atoms with Crippen LogP contribution in [0.1, 0.15) is 53.4 Å². The number of hydrogen-bond acceptors (Lipinski definition) is 3. The van der Waals surface area contributed by atoms with Crippen molar-refractivity contribution in [2.45, 2.75) is 53.4 Å². The van der Waals surface area contributed by atoms with E-state index in [1.807, 2.05) is 0 Å². The largest absolute Gasteiger partial charge is 0.396 e. The van der Waals surface area contributed by atoms with E-state index in [4.69, 9.17) is 4.74 Å². The van der Waals surface area contributed by atoms with Crippen LogP contribution in [0.5, 0.6) is 0 Å². The number of aliphatic hydroxyl groups excluding tert-OH is 1. The molecule has 1 rings (SSSR count). The fourth-order valence-corrected chi connectivity index (χ4v) is 2.80. The third kappa shape index (κ3) is 6.55. The molecule has 0 aromatic heterocycles. The maximum absolute atomic E-state index is 9.86. The van der Waals surface area contributed by atoms with Crippen LogP contribution in [0.15, 0.2) is 0 Å². The van der Waals surface area contributed by atoms with Crippen molar-refractivity contribution in [3.05, 3.63) is 0 Å². The summed E-state index contributed by atoms with van der Waals surface area (Å²) in [5, 5.41) is 9.86. The normalized spacial score (nSPS) is 19.2. The average molecular weight is 285 g/mol. The van der Waals surface area contributed by atoms with E-state index in [1.54, 1.807) is 0 Å². The molecule has 0 spiro atoms. The lowest BCUT2D eigenvalue weighted by atomic mass is 9.80. The SMILES string of the molecule is CC(C)CCN(CCC(C)C)CC1(CO)CCOCC1. The Morgan fingerprint density at radius 2 is 1.50 bits per heavy atom. The zero-order valence-corrected chi connectivity index (χ0v) is 14.0. The van der Waals surface area contributed by atoms with Crippen molar-refractivity contribution in [1.82, 2.24) is 4.90 Å². The lowest BCUT2D eigenvalue weighted by Crippen LogP contribution is -2.44. The van der Waals surface area contributed by atoms with Gasteiger partial charge in [-0.2, -0.15) is 0 Å². The van der Waals surface area contributed by atoms with Crippen LogP contribution in [0, 0.1) is 17.3 Å². The number of aliphatic hydroxyl groups is 1. The van der Waals surface area contributed by atoms with Gasteiger partial charge in [-0.25, -0.2) is 0 Å². The van der Waals surface area contributed by atoms with E-state index in [0.29, 0.717) is 6.61 Å². The molecule has 0 aromatic carbocycles. The van der Waals surface area contributed by atoms with Crippen molar-refractivity contribution >= 4 is 0 Å². The quantitative estimate of drug-likeness (QED) is 0.706. The predicted molar refractivity (Wildman–Crippen MR) is 84.9 cm³/mol. The van der Waals surface area contributed by atoms with Crippen LogP contribution in [0.3, 0.4) is 0 Å². The van der Waals surface area contributed by atoms with Crippen LogP contribution in [-0.4, -0.2) is 49.5 Å². The minimum atomic E-state index is 0.0756. The summed E-state index contributed by atoms with van der Waals surface area (Å²) in [6.07, 6.45) is 4.50. The summed E-state index contributed by atoms with van der Waals surface area (Å²) in [5.74, 6) is 1.49. The molecular formula is C17H35NO2. The fourth-order valence-electron chi connectivity index (χ4n) is 2.80. The van der Waals surface area contributed by atoms with Crippen molar-refractivity contribution in [1.29, 1.82) is 0 Å².